The first-order valence-electron chi connectivity index (χ1n) is 11.7. The topological polar surface area (TPSA) is 91.3 Å². The Morgan fingerprint density at radius 1 is 0.947 bits per heavy atom. The molecular formula is C29H21ClFN3O3S. The van der Waals surface area contributed by atoms with E-state index in [-0.39, 0.29) is 22.8 Å². The molecule has 0 spiro atoms. The molecule has 4 aromatic carbocycles. The first kappa shape index (κ1) is 25.4. The Morgan fingerprint density at radius 2 is 1.68 bits per heavy atom. The second kappa shape index (κ2) is 11.0. The van der Waals surface area contributed by atoms with Crippen molar-refractivity contribution < 1.29 is 19.1 Å². The van der Waals surface area contributed by atoms with E-state index in [0.717, 1.165) is 32.6 Å². The number of fused-ring (bicyclic) bond motifs is 1. The molecule has 5 aromatic rings. The molecule has 6 nitrogen and oxygen atoms in total. The number of nitrogens with one attached hydrogen (secondary N) is 2. The average Bonchev–Trinajstić information content (AvgIpc) is 3.30. The SMILES string of the molecule is O=C(N[C@@H](Cc1ccccc1)C(=O)O)c1ccc(-c2ccc(Nc3nc4ccc(F)cc4s3)cc2)cc1Cl. The first-order chi connectivity index (χ1) is 18.4. The number of nitrogens with zero attached hydrogens (tertiary/aromatic N) is 1. The predicted molar refractivity (Wildman–Crippen MR) is 149 cm³/mol. The Kier molecular flexibility index (Phi) is 7.35. The van der Waals surface area contributed by atoms with Crippen LogP contribution in [0.1, 0.15) is 15.9 Å². The van der Waals surface area contributed by atoms with Gasteiger partial charge < -0.3 is 15.7 Å². The van der Waals surface area contributed by atoms with Crippen LogP contribution in [0.15, 0.2) is 91.0 Å². The van der Waals surface area contributed by atoms with Gasteiger partial charge in [-0.25, -0.2) is 14.2 Å². The summed E-state index contributed by atoms with van der Waals surface area (Å²) < 4.78 is 14.2. The highest BCUT2D eigenvalue weighted by atomic mass is 35.5. The maximum Gasteiger partial charge on any atom is 0.326 e. The van der Waals surface area contributed by atoms with Crippen molar-refractivity contribution in [3.63, 3.8) is 0 Å². The number of hydrogen-bond acceptors (Lipinski definition) is 5. The molecule has 38 heavy (non-hydrogen) atoms. The largest absolute Gasteiger partial charge is 0.480 e. The standard InChI is InChI=1S/C29H21ClFN3O3S/c30-23-15-19(8-12-22(23)27(35)33-25(28(36)37)14-17-4-2-1-3-5-17)18-6-10-21(11-7-18)32-29-34-24-13-9-20(31)16-26(24)38-29/h1-13,15-16,25H,14H2,(H,32,34)(H,33,35)(H,36,37)/t25-/m0/s1. The number of carboxylic acid groups (broad SMARTS) is 1. The molecule has 0 aliphatic rings. The number of thiazole rings is 1. The second-order valence-electron chi connectivity index (χ2n) is 8.58. The van der Waals surface area contributed by atoms with Crippen molar-refractivity contribution in [3.8, 4) is 11.1 Å². The number of aromatic nitrogens is 1. The minimum atomic E-state index is -1.12. The van der Waals surface area contributed by atoms with Crippen LogP contribution in [-0.4, -0.2) is 28.0 Å². The van der Waals surface area contributed by atoms with E-state index in [9.17, 15) is 19.1 Å². The molecular weight excluding hydrogens is 525 g/mol. The summed E-state index contributed by atoms with van der Waals surface area (Å²) in [6, 6.07) is 25.1. The van der Waals surface area contributed by atoms with Gasteiger partial charge in [0.25, 0.3) is 5.91 Å². The normalized spacial score (nSPS) is 11.7. The predicted octanol–water partition coefficient (Wildman–Crippen LogP) is 6.93. The van der Waals surface area contributed by atoms with Crippen LogP contribution in [0.4, 0.5) is 15.2 Å². The lowest BCUT2D eigenvalue weighted by molar-refractivity contribution is -0.139. The van der Waals surface area contributed by atoms with Gasteiger partial charge in [0.15, 0.2) is 5.13 Å². The van der Waals surface area contributed by atoms with Crippen LogP contribution >= 0.6 is 22.9 Å². The summed E-state index contributed by atoms with van der Waals surface area (Å²) >= 11 is 7.80. The van der Waals surface area contributed by atoms with Gasteiger partial charge in [0, 0.05) is 12.1 Å². The Balaban J connectivity index is 1.27. The van der Waals surface area contributed by atoms with E-state index in [1.165, 1.54) is 23.5 Å². The zero-order valence-corrected chi connectivity index (χ0v) is 21.4. The number of halogens is 2. The molecule has 0 aliphatic heterocycles. The third-order valence-electron chi connectivity index (χ3n) is 5.92. The van der Waals surface area contributed by atoms with E-state index >= 15 is 0 Å². The molecule has 3 N–H and O–H groups in total. The zero-order valence-electron chi connectivity index (χ0n) is 19.8. The van der Waals surface area contributed by atoms with E-state index in [2.05, 4.69) is 15.6 Å². The van der Waals surface area contributed by atoms with Gasteiger partial charge in [-0.2, -0.15) is 0 Å². The van der Waals surface area contributed by atoms with Crippen LogP contribution in [0, 0.1) is 5.82 Å². The Hall–Kier alpha value is -4.27. The highest BCUT2D eigenvalue weighted by molar-refractivity contribution is 7.22. The summed E-state index contributed by atoms with van der Waals surface area (Å²) in [5.74, 6) is -1.98. The quantitative estimate of drug-likeness (QED) is 0.197. The van der Waals surface area contributed by atoms with Crippen LogP contribution in [0.5, 0.6) is 0 Å². The van der Waals surface area contributed by atoms with Crippen LogP contribution in [0.2, 0.25) is 5.02 Å². The van der Waals surface area contributed by atoms with Crippen molar-refractivity contribution in [2.45, 2.75) is 12.5 Å². The van der Waals surface area contributed by atoms with Crippen LogP contribution in [0.25, 0.3) is 21.3 Å². The van der Waals surface area contributed by atoms with Crippen molar-refractivity contribution in [1.82, 2.24) is 10.3 Å². The summed E-state index contributed by atoms with van der Waals surface area (Å²) in [6.45, 7) is 0. The molecule has 1 aromatic heterocycles. The molecule has 0 saturated heterocycles. The second-order valence-corrected chi connectivity index (χ2v) is 10.0. The molecule has 0 unspecified atom stereocenters. The molecule has 1 amide bonds. The van der Waals surface area contributed by atoms with E-state index in [1.807, 2.05) is 54.6 Å². The number of carbonyl (C=O) groups excluding carboxylic acids is 1. The highest BCUT2D eigenvalue weighted by Gasteiger charge is 2.22. The zero-order chi connectivity index (χ0) is 26.6. The lowest BCUT2D eigenvalue weighted by atomic mass is 10.0. The van der Waals surface area contributed by atoms with Crippen molar-refractivity contribution >= 4 is 55.8 Å². The van der Waals surface area contributed by atoms with Crippen molar-refractivity contribution in [2.75, 3.05) is 5.32 Å². The summed E-state index contributed by atoms with van der Waals surface area (Å²) in [5, 5.41) is 16.3. The molecule has 9 heteroatoms. The van der Waals surface area contributed by atoms with Gasteiger partial charge in [-0.05, 0) is 59.2 Å². The Bertz CT molecular complexity index is 1620. The number of carbonyl (C=O) groups is 2. The van der Waals surface area contributed by atoms with E-state index in [1.54, 1.807) is 24.3 Å². The fraction of sp³-hybridized carbons (Fsp3) is 0.0690. The number of hydrogen-bond donors (Lipinski definition) is 3. The summed E-state index contributed by atoms with van der Waals surface area (Å²) in [6.07, 6.45) is 0.159. The molecule has 1 atom stereocenters. The Morgan fingerprint density at radius 3 is 2.39 bits per heavy atom. The van der Waals surface area contributed by atoms with Crippen LogP contribution in [-0.2, 0) is 11.2 Å². The third kappa shape index (κ3) is 5.82. The van der Waals surface area contributed by atoms with Crippen molar-refractivity contribution in [3.05, 3.63) is 113 Å². The van der Waals surface area contributed by atoms with Gasteiger partial charge in [0.2, 0.25) is 0 Å². The van der Waals surface area contributed by atoms with Crippen molar-refractivity contribution in [2.24, 2.45) is 0 Å². The van der Waals surface area contributed by atoms with Gasteiger partial charge in [0.05, 0.1) is 20.8 Å². The molecule has 5 rings (SSSR count). The number of aliphatic carboxylic acids is 1. The molecule has 0 bridgehead atoms. The molecule has 0 fully saturated rings. The lowest BCUT2D eigenvalue weighted by Gasteiger charge is -2.15. The van der Waals surface area contributed by atoms with E-state index < -0.39 is 17.9 Å². The fourth-order valence-corrected chi connectivity index (χ4v) is 5.16. The lowest BCUT2D eigenvalue weighted by Crippen LogP contribution is -2.42. The van der Waals surface area contributed by atoms with Gasteiger partial charge in [0.1, 0.15) is 11.9 Å². The molecule has 0 radical (unpaired) electrons. The molecule has 0 saturated carbocycles. The minimum Gasteiger partial charge on any atom is -0.480 e. The van der Waals surface area contributed by atoms with Crippen LogP contribution in [0.3, 0.4) is 0 Å². The maximum absolute atomic E-state index is 13.4. The number of carboxylic acids is 1. The smallest absolute Gasteiger partial charge is 0.326 e. The van der Waals surface area contributed by atoms with Gasteiger partial charge in [-0.15, -0.1) is 0 Å². The maximum atomic E-state index is 13.4. The average molecular weight is 546 g/mol. The number of rotatable bonds is 8. The summed E-state index contributed by atoms with van der Waals surface area (Å²) in [4.78, 5) is 29.0. The van der Waals surface area contributed by atoms with Gasteiger partial charge in [-0.3, -0.25) is 4.79 Å². The summed E-state index contributed by atoms with van der Waals surface area (Å²) in [7, 11) is 0. The number of benzene rings is 4. The van der Waals surface area contributed by atoms with E-state index in [0.29, 0.717) is 5.13 Å². The summed E-state index contributed by atoms with van der Waals surface area (Å²) in [5.41, 5.74) is 4.21. The Labute approximate surface area is 226 Å². The first-order valence-corrected chi connectivity index (χ1v) is 12.9. The van der Waals surface area contributed by atoms with E-state index in [4.69, 9.17) is 11.6 Å². The number of amides is 1. The molecule has 190 valence electrons. The van der Waals surface area contributed by atoms with Crippen molar-refractivity contribution in [1.29, 1.82) is 0 Å². The molecule has 1 heterocycles. The van der Waals surface area contributed by atoms with Crippen LogP contribution < -0.4 is 10.6 Å². The molecule has 0 aliphatic carbocycles. The number of anilines is 2. The fourth-order valence-electron chi connectivity index (χ4n) is 3.99. The van der Waals surface area contributed by atoms with Gasteiger partial charge in [-0.1, -0.05) is 71.5 Å². The van der Waals surface area contributed by atoms with Gasteiger partial charge >= 0.3 is 5.97 Å². The highest BCUT2D eigenvalue weighted by Crippen LogP contribution is 2.31. The third-order valence-corrected chi connectivity index (χ3v) is 7.17. The monoisotopic (exact) mass is 545 g/mol. The minimum absolute atomic E-state index is 0.159.